The molecular formula is C31H39FN6O. The summed E-state index contributed by atoms with van der Waals surface area (Å²) in [7, 11) is 0. The van der Waals surface area contributed by atoms with E-state index in [0.717, 1.165) is 75.4 Å². The maximum Gasteiger partial charge on any atom is 0.149 e. The molecule has 0 bridgehead atoms. The minimum absolute atomic E-state index is 0.0312. The number of nitrogens with zero attached hydrogens (tertiary/aromatic N) is 4. The number of piperidine rings is 1. The lowest BCUT2D eigenvalue weighted by atomic mass is 9.86. The summed E-state index contributed by atoms with van der Waals surface area (Å²) in [5.41, 5.74) is 9.72. The summed E-state index contributed by atoms with van der Waals surface area (Å²) in [6, 6.07) is 17.2. The predicted octanol–water partition coefficient (Wildman–Crippen LogP) is 5.87. The van der Waals surface area contributed by atoms with Crippen LogP contribution >= 0.6 is 0 Å². The van der Waals surface area contributed by atoms with Gasteiger partial charge in [0.1, 0.15) is 17.7 Å². The Labute approximate surface area is 230 Å². The van der Waals surface area contributed by atoms with Gasteiger partial charge in [-0.25, -0.2) is 9.07 Å². The van der Waals surface area contributed by atoms with Gasteiger partial charge in [0.2, 0.25) is 0 Å². The van der Waals surface area contributed by atoms with Gasteiger partial charge < -0.3 is 20.7 Å². The van der Waals surface area contributed by atoms with Crippen molar-refractivity contribution in [2.24, 2.45) is 11.7 Å². The van der Waals surface area contributed by atoms with E-state index >= 15 is 0 Å². The number of benzene rings is 2. The van der Waals surface area contributed by atoms with Crippen LogP contribution in [-0.2, 0) is 4.74 Å². The highest BCUT2D eigenvalue weighted by Crippen LogP contribution is 2.30. The van der Waals surface area contributed by atoms with Crippen molar-refractivity contribution in [1.29, 1.82) is 5.26 Å². The maximum atomic E-state index is 14.6. The molecule has 0 unspecified atom stereocenters. The first-order valence-electron chi connectivity index (χ1n) is 14.2. The zero-order valence-corrected chi connectivity index (χ0v) is 22.9. The highest BCUT2D eigenvalue weighted by molar-refractivity contribution is 5.67. The molecule has 1 saturated carbocycles. The molecule has 2 heterocycles. The Morgan fingerprint density at radius 2 is 1.82 bits per heavy atom. The fourth-order valence-electron chi connectivity index (χ4n) is 5.84. The quantitative estimate of drug-likeness (QED) is 0.378. The summed E-state index contributed by atoms with van der Waals surface area (Å²) >= 11 is 0. The van der Waals surface area contributed by atoms with Gasteiger partial charge in [-0.1, -0.05) is 12.5 Å². The molecule has 1 aromatic heterocycles. The van der Waals surface area contributed by atoms with Crippen LogP contribution in [0.1, 0.15) is 57.9 Å². The van der Waals surface area contributed by atoms with Crippen LogP contribution in [0.3, 0.4) is 0 Å². The lowest BCUT2D eigenvalue weighted by molar-refractivity contribution is -0.00478. The summed E-state index contributed by atoms with van der Waals surface area (Å²) < 4.78 is 22.4. The fourth-order valence-corrected chi connectivity index (χ4v) is 5.84. The van der Waals surface area contributed by atoms with Crippen molar-refractivity contribution in [3.05, 3.63) is 59.9 Å². The molecule has 3 aromatic rings. The number of nitrogens with two attached hydrogens (primary N) is 1. The van der Waals surface area contributed by atoms with Crippen LogP contribution < -0.4 is 16.0 Å². The first-order valence-corrected chi connectivity index (χ1v) is 14.2. The molecule has 2 aliphatic rings. The number of hydrogen-bond donors (Lipinski definition) is 2. The number of aromatic nitrogens is 2. The van der Waals surface area contributed by atoms with Crippen LogP contribution in [0.5, 0.6) is 0 Å². The van der Waals surface area contributed by atoms with Crippen LogP contribution in [0, 0.1) is 23.1 Å². The number of hydrogen-bond acceptors (Lipinski definition) is 6. The first-order chi connectivity index (χ1) is 18.9. The van der Waals surface area contributed by atoms with Gasteiger partial charge in [-0.15, -0.1) is 5.10 Å². The molecule has 39 heavy (non-hydrogen) atoms. The monoisotopic (exact) mass is 530 g/mol. The molecular weight excluding hydrogens is 491 g/mol. The van der Waals surface area contributed by atoms with Crippen molar-refractivity contribution in [2.45, 2.75) is 70.6 Å². The lowest BCUT2D eigenvalue weighted by Crippen LogP contribution is -2.37. The minimum atomic E-state index is -0.534. The average molecular weight is 531 g/mol. The van der Waals surface area contributed by atoms with E-state index in [1.54, 1.807) is 6.07 Å². The van der Waals surface area contributed by atoms with E-state index in [0.29, 0.717) is 17.6 Å². The van der Waals surface area contributed by atoms with Crippen LogP contribution in [0.4, 0.5) is 15.9 Å². The van der Waals surface area contributed by atoms with Gasteiger partial charge in [0.25, 0.3) is 0 Å². The zero-order chi connectivity index (χ0) is 27.4. The Hall–Kier alpha value is -3.41. The molecule has 0 radical (unpaired) electrons. The Bertz CT molecular complexity index is 1290. The Morgan fingerprint density at radius 1 is 1.08 bits per heavy atom. The number of rotatable bonds is 8. The molecule has 3 N–H and O–H groups in total. The maximum absolute atomic E-state index is 14.6. The highest BCUT2D eigenvalue weighted by Gasteiger charge is 2.22. The third-order valence-electron chi connectivity index (χ3n) is 7.86. The minimum Gasteiger partial charge on any atom is -0.375 e. The number of nitriles is 1. The normalized spacial score (nSPS) is 20.3. The first kappa shape index (κ1) is 27.2. The van der Waals surface area contributed by atoms with Crippen molar-refractivity contribution in [3.63, 3.8) is 0 Å². The topological polar surface area (TPSA) is 92.1 Å². The summed E-state index contributed by atoms with van der Waals surface area (Å²) in [6.45, 7) is 6.92. The SMILES string of the molecule is CC(C)OC1CCN(c2ccc(-n3nc(NC[C@H]4CCC[C@H](N)C4)cc3-c3ccc(C#N)c(F)c3)cc2)CC1. The summed E-state index contributed by atoms with van der Waals surface area (Å²) in [4.78, 5) is 2.39. The molecule has 0 spiro atoms. The molecule has 2 aromatic carbocycles. The van der Waals surface area contributed by atoms with Gasteiger partial charge in [-0.05, 0) is 88.3 Å². The molecule has 0 amide bonds. The molecule has 2 atom stereocenters. The number of nitrogens with one attached hydrogen (secondary N) is 1. The van der Waals surface area contributed by atoms with Gasteiger partial charge >= 0.3 is 0 Å². The van der Waals surface area contributed by atoms with Gasteiger partial charge in [-0.3, -0.25) is 0 Å². The molecule has 5 rings (SSSR count). The molecule has 1 aliphatic carbocycles. The van der Waals surface area contributed by atoms with Crippen molar-refractivity contribution in [3.8, 4) is 23.0 Å². The van der Waals surface area contributed by atoms with E-state index in [9.17, 15) is 9.65 Å². The van der Waals surface area contributed by atoms with Crippen molar-refractivity contribution in [1.82, 2.24) is 9.78 Å². The Balaban J connectivity index is 1.37. The zero-order valence-electron chi connectivity index (χ0n) is 22.9. The second kappa shape index (κ2) is 12.2. The lowest BCUT2D eigenvalue weighted by Gasteiger charge is -2.34. The average Bonchev–Trinajstić information content (AvgIpc) is 3.36. The summed E-state index contributed by atoms with van der Waals surface area (Å²) in [6.07, 6.45) is 7.07. The summed E-state index contributed by atoms with van der Waals surface area (Å²) in [5.74, 6) is 0.725. The Morgan fingerprint density at radius 3 is 2.49 bits per heavy atom. The van der Waals surface area contributed by atoms with E-state index in [1.807, 2.05) is 16.8 Å². The number of anilines is 2. The standard InChI is InChI=1S/C31H39FN6O/c1-21(2)39-28-12-14-37(15-13-28)26-8-10-27(11-9-26)38-30(23-6-7-24(19-33)29(32)17-23)18-31(36-38)35-20-22-4-3-5-25(34)16-22/h6-11,17-18,21-22,25,28H,3-5,12-16,20,34H2,1-2H3,(H,35,36)/t22-,25-/m0/s1. The predicted molar refractivity (Wildman–Crippen MR) is 154 cm³/mol. The third kappa shape index (κ3) is 6.60. The molecule has 206 valence electrons. The fraction of sp³-hybridized carbons (Fsp3) is 0.484. The highest BCUT2D eigenvalue weighted by atomic mass is 19.1. The third-order valence-corrected chi connectivity index (χ3v) is 7.86. The molecule has 2 fully saturated rings. The van der Waals surface area contributed by atoms with Crippen molar-refractivity contribution >= 4 is 11.5 Å². The molecule has 7 nitrogen and oxygen atoms in total. The molecule has 1 aliphatic heterocycles. The van der Waals surface area contributed by atoms with E-state index in [2.05, 4.69) is 48.3 Å². The smallest absolute Gasteiger partial charge is 0.149 e. The van der Waals surface area contributed by atoms with Crippen LogP contribution in [0.15, 0.2) is 48.5 Å². The van der Waals surface area contributed by atoms with E-state index in [-0.39, 0.29) is 17.7 Å². The van der Waals surface area contributed by atoms with Gasteiger partial charge in [0.15, 0.2) is 0 Å². The van der Waals surface area contributed by atoms with Crippen molar-refractivity contribution in [2.75, 3.05) is 29.9 Å². The Kier molecular flexibility index (Phi) is 8.49. The van der Waals surface area contributed by atoms with Gasteiger partial charge in [-0.2, -0.15) is 5.26 Å². The van der Waals surface area contributed by atoms with E-state index in [4.69, 9.17) is 15.6 Å². The van der Waals surface area contributed by atoms with Gasteiger partial charge in [0.05, 0.1) is 29.2 Å². The number of ether oxygens (including phenoxy) is 1. The van der Waals surface area contributed by atoms with E-state index < -0.39 is 5.82 Å². The second-order valence-electron chi connectivity index (χ2n) is 11.2. The molecule has 1 saturated heterocycles. The van der Waals surface area contributed by atoms with Gasteiger partial charge in [0, 0.05) is 43.0 Å². The largest absolute Gasteiger partial charge is 0.375 e. The van der Waals surface area contributed by atoms with Crippen molar-refractivity contribution < 1.29 is 9.13 Å². The molecule has 8 heteroatoms. The summed E-state index contributed by atoms with van der Waals surface area (Å²) in [5, 5.41) is 17.5. The van der Waals surface area contributed by atoms with Crippen LogP contribution in [0.25, 0.3) is 16.9 Å². The van der Waals surface area contributed by atoms with Crippen LogP contribution in [-0.4, -0.2) is 47.7 Å². The van der Waals surface area contributed by atoms with E-state index in [1.165, 1.54) is 17.8 Å². The van der Waals surface area contributed by atoms with Crippen LogP contribution in [0.2, 0.25) is 0 Å². The number of halogens is 1. The second-order valence-corrected chi connectivity index (χ2v) is 11.2.